The average molecular weight is 248 g/mol. The summed E-state index contributed by atoms with van der Waals surface area (Å²) in [5.41, 5.74) is 0.452. The maximum Gasteiger partial charge on any atom is 0.274 e. The second kappa shape index (κ2) is 5.80. The molecular formula is C13H20N4O. The maximum absolute atomic E-state index is 12.1. The van der Waals surface area contributed by atoms with Crippen LogP contribution >= 0.6 is 0 Å². The third-order valence-corrected chi connectivity index (χ3v) is 3.34. The van der Waals surface area contributed by atoms with Crippen molar-refractivity contribution in [3.05, 3.63) is 18.1 Å². The van der Waals surface area contributed by atoms with Crippen molar-refractivity contribution in [2.45, 2.75) is 26.7 Å². The minimum Gasteiger partial charge on any atom is -0.356 e. The molecule has 2 rings (SSSR count). The lowest BCUT2D eigenvalue weighted by molar-refractivity contribution is 0.0786. The number of hydrogen-bond donors (Lipinski definition) is 0. The number of nitrogens with zero attached hydrogens (tertiary/aromatic N) is 4. The van der Waals surface area contributed by atoms with Crippen LogP contribution in [0.2, 0.25) is 0 Å². The van der Waals surface area contributed by atoms with Gasteiger partial charge in [-0.05, 0) is 26.7 Å². The Kier molecular flexibility index (Phi) is 4.12. The molecule has 5 heteroatoms. The molecule has 1 saturated heterocycles. The van der Waals surface area contributed by atoms with Gasteiger partial charge in [-0.1, -0.05) is 0 Å². The van der Waals surface area contributed by atoms with Crippen molar-refractivity contribution in [2.75, 3.05) is 31.1 Å². The molecule has 1 amide bonds. The van der Waals surface area contributed by atoms with E-state index in [-0.39, 0.29) is 5.91 Å². The minimum atomic E-state index is 0.00565. The van der Waals surface area contributed by atoms with Crippen LogP contribution in [-0.2, 0) is 0 Å². The standard InChI is InChI=1S/C13H20N4O/c1-3-16(4-2)12-10-14-11(9-15-12)13(18)17-7-5-6-8-17/h9-10H,3-8H2,1-2H3. The number of carbonyl (C=O) groups excluding carboxylic acids is 1. The number of anilines is 1. The Hall–Kier alpha value is -1.65. The van der Waals surface area contributed by atoms with E-state index in [2.05, 4.69) is 28.7 Å². The van der Waals surface area contributed by atoms with E-state index >= 15 is 0 Å². The molecule has 1 aromatic heterocycles. The first-order chi connectivity index (χ1) is 8.76. The van der Waals surface area contributed by atoms with Gasteiger partial charge in [-0.3, -0.25) is 4.79 Å². The van der Waals surface area contributed by atoms with Gasteiger partial charge < -0.3 is 9.80 Å². The molecule has 0 unspecified atom stereocenters. The van der Waals surface area contributed by atoms with Gasteiger partial charge in [0, 0.05) is 26.2 Å². The first kappa shape index (κ1) is 12.8. The smallest absolute Gasteiger partial charge is 0.274 e. The Balaban J connectivity index is 2.09. The molecule has 5 nitrogen and oxygen atoms in total. The predicted octanol–water partition coefficient (Wildman–Crippen LogP) is 1.56. The number of hydrogen-bond acceptors (Lipinski definition) is 4. The Morgan fingerprint density at radius 3 is 2.39 bits per heavy atom. The van der Waals surface area contributed by atoms with Crippen molar-refractivity contribution < 1.29 is 4.79 Å². The fourth-order valence-electron chi connectivity index (χ4n) is 2.22. The Bertz CT molecular complexity index is 394. The first-order valence-corrected chi connectivity index (χ1v) is 6.62. The second-order valence-corrected chi connectivity index (χ2v) is 4.43. The van der Waals surface area contributed by atoms with Crippen molar-refractivity contribution >= 4 is 11.7 Å². The third-order valence-electron chi connectivity index (χ3n) is 3.34. The van der Waals surface area contributed by atoms with Gasteiger partial charge in [0.1, 0.15) is 11.5 Å². The van der Waals surface area contributed by atoms with E-state index in [0.29, 0.717) is 5.69 Å². The molecule has 0 aliphatic carbocycles. The summed E-state index contributed by atoms with van der Waals surface area (Å²) in [6.45, 7) is 7.63. The number of rotatable bonds is 4. The fraction of sp³-hybridized carbons (Fsp3) is 0.615. The highest BCUT2D eigenvalue weighted by Gasteiger charge is 2.20. The molecule has 1 aromatic rings. The average Bonchev–Trinajstić information content (AvgIpc) is 2.94. The maximum atomic E-state index is 12.1. The Morgan fingerprint density at radius 2 is 1.89 bits per heavy atom. The summed E-state index contributed by atoms with van der Waals surface area (Å²) in [7, 11) is 0. The van der Waals surface area contributed by atoms with E-state index in [1.807, 2.05) is 4.90 Å². The molecular weight excluding hydrogens is 228 g/mol. The molecule has 0 bridgehead atoms. The minimum absolute atomic E-state index is 0.00565. The van der Waals surface area contributed by atoms with Crippen LogP contribution in [0.15, 0.2) is 12.4 Å². The van der Waals surface area contributed by atoms with Gasteiger partial charge in [-0.25, -0.2) is 9.97 Å². The Morgan fingerprint density at radius 1 is 1.22 bits per heavy atom. The van der Waals surface area contributed by atoms with Gasteiger partial charge >= 0.3 is 0 Å². The number of amides is 1. The van der Waals surface area contributed by atoms with Gasteiger partial charge in [0.05, 0.1) is 12.4 Å². The number of likely N-dealkylation sites (tertiary alicyclic amines) is 1. The zero-order chi connectivity index (χ0) is 13.0. The monoisotopic (exact) mass is 248 g/mol. The molecule has 1 aliphatic rings. The molecule has 1 fully saturated rings. The number of aromatic nitrogens is 2. The lowest BCUT2D eigenvalue weighted by atomic mass is 10.4. The lowest BCUT2D eigenvalue weighted by Gasteiger charge is -2.19. The van der Waals surface area contributed by atoms with Crippen LogP contribution < -0.4 is 4.90 Å². The molecule has 2 heterocycles. The van der Waals surface area contributed by atoms with Gasteiger partial charge in [0.2, 0.25) is 0 Å². The molecule has 0 N–H and O–H groups in total. The summed E-state index contributed by atoms with van der Waals surface area (Å²) < 4.78 is 0. The van der Waals surface area contributed by atoms with Crippen LogP contribution in [0, 0.1) is 0 Å². The van der Waals surface area contributed by atoms with E-state index in [1.54, 1.807) is 12.4 Å². The van der Waals surface area contributed by atoms with Crippen LogP contribution in [0.4, 0.5) is 5.82 Å². The largest absolute Gasteiger partial charge is 0.356 e. The van der Waals surface area contributed by atoms with E-state index in [0.717, 1.165) is 44.8 Å². The van der Waals surface area contributed by atoms with Crippen molar-refractivity contribution in [1.29, 1.82) is 0 Å². The van der Waals surface area contributed by atoms with Gasteiger partial charge in [0.25, 0.3) is 5.91 Å². The van der Waals surface area contributed by atoms with Gasteiger partial charge in [0.15, 0.2) is 0 Å². The zero-order valence-electron chi connectivity index (χ0n) is 11.1. The lowest BCUT2D eigenvalue weighted by Crippen LogP contribution is -2.29. The summed E-state index contributed by atoms with van der Waals surface area (Å²) in [4.78, 5) is 24.6. The topological polar surface area (TPSA) is 49.3 Å². The van der Waals surface area contributed by atoms with Crippen molar-refractivity contribution in [3.8, 4) is 0 Å². The van der Waals surface area contributed by atoms with E-state index in [4.69, 9.17) is 0 Å². The molecule has 18 heavy (non-hydrogen) atoms. The highest BCUT2D eigenvalue weighted by Crippen LogP contribution is 2.13. The summed E-state index contributed by atoms with van der Waals surface area (Å²) in [5, 5.41) is 0. The molecule has 0 spiro atoms. The van der Waals surface area contributed by atoms with E-state index < -0.39 is 0 Å². The summed E-state index contributed by atoms with van der Waals surface area (Å²) in [6, 6.07) is 0. The van der Waals surface area contributed by atoms with Crippen LogP contribution in [0.3, 0.4) is 0 Å². The molecule has 1 aliphatic heterocycles. The molecule has 0 saturated carbocycles. The highest BCUT2D eigenvalue weighted by atomic mass is 16.2. The molecule has 0 radical (unpaired) electrons. The van der Waals surface area contributed by atoms with Gasteiger partial charge in [-0.2, -0.15) is 0 Å². The van der Waals surface area contributed by atoms with Gasteiger partial charge in [-0.15, -0.1) is 0 Å². The molecule has 0 aromatic carbocycles. The summed E-state index contributed by atoms with van der Waals surface area (Å²) >= 11 is 0. The summed E-state index contributed by atoms with van der Waals surface area (Å²) in [5.74, 6) is 0.837. The highest BCUT2D eigenvalue weighted by molar-refractivity contribution is 5.92. The molecule has 0 atom stereocenters. The third kappa shape index (κ3) is 2.60. The van der Waals surface area contributed by atoms with Crippen LogP contribution in [0.5, 0.6) is 0 Å². The predicted molar refractivity (Wildman–Crippen MR) is 70.7 cm³/mol. The van der Waals surface area contributed by atoms with Crippen LogP contribution in [0.25, 0.3) is 0 Å². The summed E-state index contributed by atoms with van der Waals surface area (Å²) in [6.07, 6.45) is 5.47. The van der Waals surface area contributed by atoms with E-state index in [1.165, 1.54) is 0 Å². The van der Waals surface area contributed by atoms with Crippen LogP contribution in [0.1, 0.15) is 37.2 Å². The SMILES string of the molecule is CCN(CC)c1cnc(C(=O)N2CCCC2)cn1. The van der Waals surface area contributed by atoms with Crippen molar-refractivity contribution in [3.63, 3.8) is 0 Å². The number of carbonyl (C=O) groups is 1. The van der Waals surface area contributed by atoms with E-state index in [9.17, 15) is 4.79 Å². The Labute approximate surface area is 108 Å². The normalized spacial score (nSPS) is 14.9. The van der Waals surface area contributed by atoms with Crippen molar-refractivity contribution in [1.82, 2.24) is 14.9 Å². The first-order valence-electron chi connectivity index (χ1n) is 6.62. The zero-order valence-corrected chi connectivity index (χ0v) is 11.1. The van der Waals surface area contributed by atoms with Crippen molar-refractivity contribution in [2.24, 2.45) is 0 Å². The molecule has 98 valence electrons. The fourth-order valence-corrected chi connectivity index (χ4v) is 2.22. The second-order valence-electron chi connectivity index (χ2n) is 4.43. The van der Waals surface area contributed by atoms with Crippen LogP contribution in [-0.4, -0.2) is 47.0 Å². The quantitative estimate of drug-likeness (QED) is 0.811.